The van der Waals surface area contributed by atoms with Crippen molar-refractivity contribution in [2.45, 2.75) is 29.7 Å². The van der Waals surface area contributed by atoms with Crippen molar-refractivity contribution in [3.63, 3.8) is 0 Å². The van der Waals surface area contributed by atoms with Gasteiger partial charge in [-0.1, -0.05) is 18.2 Å². The first-order valence-electron chi connectivity index (χ1n) is 7.64. The number of nitrogens with two attached hydrogens (primary N) is 1. The Hall–Kier alpha value is -2.23. The molecule has 0 fully saturated rings. The van der Waals surface area contributed by atoms with Crippen LogP contribution in [-0.4, -0.2) is 29.0 Å². The molecular weight excluding hydrogens is 376 g/mol. The number of hydrogen-bond acceptors (Lipinski definition) is 5. The van der Waals surface area contributed by atoms with Crippen molar-refractivity contribution in [2.24, 2.45) is 5.14 Å². The first-order chi connectivity index (χ1) is 11.9. The molecule has 1 amide bonds. The Morgan fingerprint density at radius 3 is 2.04 bits per heavy atom. The zero-order valence-electron chi connectivity index (χ0n) is 14.6. The number of carbonyl (C=O) groups is 1. The van der Waals surface area contributed by atoms with Crippen LogP contribution in [0.4, 0.5) is 0 Å². The molecule has 3 N–H and O–H groups in total. The summed E-state index contributed by atoms with van der Waals surface area (Å²) < 4.78 is 45.9. The maximum Gasteiger partial charge on any atom is 0.252 e. The van der Waals surface area contributed by atoms with Crippen LogP contribution in [0.15, 0.2) is 52.3 Å². The number of aryl methyl sites for hydroxylation is 1. The van der Waals surface area contributed by atoms with E-state index in [0.29, 0.717) is 11.1 Å². The Balaban J connectivity index is 2.24. The lowest BCUT2D eigenvalue weighted by Gasteiger charge is -2.16. The first-order valence-corrected chi connectivity index (χ1v) is 11.1. The van der Waals surface area contributed by atoms with E-state index in [2.05, 4.69) is 5.32 Å². The predicted octanol–water partition coefficient (Wildman–Crippen LogP) is 1.54. The van der Waals surface area contributed by atoms with E-state index in [9.17, 15) is 21.6 Å². The van der Waals surface area contributed by atoms with Gasteiger partial charge in [0.15, 0.2) is 9.84 Å². The number of sulfonamides is 1. The minimum Gasteiger partial charge on any atom is -0.346 e. The fourth-order valence-electron chi connectivity index (χ4n) is 2.38. The van der Waals surface area contributed by atoms with E-state index in [-0.39, 0.29) is 15.4 Å². The van der Waals surface area contributed by atoms with Crippen molar-refractivity contribution in [3.05, 3.63) is 59.2 Å². The van der Waals surface area contributed by atoms with E-state index in [4.69, 9.17) is 5.14 Å². The van der Waals surface area contributed by atoms with Gasteiger partial charge >= 0.3 is 0 Å². The van der Waals surface area contributed by atoms with Crippen LogP contribution in [0.25, 0.3) is 0 Å². The van der Waals surface area contributed by atoms with Crippen LogP contribution in [0.3, 0.4) is 0 Å². The van der Waals surface area contributed by atoms with Crippen molar-refractivity contribution in [1.29, 1.82) is 0 Å². The van der Waals surface area contributed by atoms with Crippen LogP contribution in [0.2, 0.25) is 0 Å². The number of benzene rings is 2. The topological polar surface area (TPSA) is 123 Å². The molecule has 0 aromatic heterocycles. The molecule has 2 aromatic carbocycles. The van der Waals surface area contributed by atoms with Gasteiger partial charge in [-0.2, -0.15) is 0 Å². The fraction of sp³-hybridized carbons (Fsp3) is 0.235. The highest BCUT2D eigenvalue weighted by molar-refractivity contribution is 7.90. The largest absolute Gasteiger partial charge is 0.346 e. The molecule has 0 aliphatic carbocycles. The second-order valence-corrected chi connectivity index (χ2v) is 9.64. The number of nitrogens with one attached hydrogen (secondary N) is 1. The molecule has 0 bridgehead atoms. The zero-order chi connectivity index (χ0) is 19.7. The number of sulfone groups is 1. The molecule has 2 aromatic rings. The fourth-order valence-corrected chi connectivity index (χ4v) is 3.55. The molecule has 7 nitrogen and oxygen atoms in total. The van der Waals surface area contributed by atoms with Gasteiger partial charge in [-0.3, -0.25) is 4.79 Å². The highest BCUT2D eigenvalue weighted by Crippen LogP contribution is 2.19. The van der Waals surface area contributed by atoms with Gasteiger partial charge in [-0.05, 0) is 49.2 Å². The average Bonchev–Trinajstić information content (AvgIpc) is 2.53. The normalized spacial score (nSPS) is 13.2. The third-order valence-electron chi connectivity index (χ3n) is 3.94. The minimum absolute atomic E-state index is 0.140. The van der Waals surface area contributed by atoms with Crippen LogP contribution < -0.4 is 10.5 Å². The average molecular weight is 396 g/mol. The lowest BCUT2D eigenvalue weighted by Crippen LogP contribution is -2.27. The van der Waals surface area contributed by atoms with Gasteiger partial charge in [0.2, 0.25) is 10.0 Å². The summed E-state index contributed by atoms with van der Waals surface area (Å²) in [5.74, 6) is -0.451. The molecule has 1 atom stereocenters. The Kier molecular flexibility index (Phi) is 5.55. The molecule has 9 heteroatoms. The molecule has 0 unspecified atom stereocenters. The van der Waals surface area contributed by atoms with E-state index in [1.54, 1.807) is 26.0 Å². The molecule has 0 radical (unpaired) electrons. The third-order valence-corrected chi connectivity index (χ3v) is 5.98. The van der Waals surface area contributed by atoms with Gasteiger partial charge in [0.1, 0.15) is 0 Å². The van der Waals surface area contributed by atoms with Crippen molar-refractivity contribution in [1.82, 2.24) is 5.32 Å². The lowest BCUT2D eigenvalue weighted by molar-refractivity contribution is 0.0939. The van der Waals surface area contributed by atoms with Crippen LogP contribution in [0, 0.1) is 6.92 Å². The van der Waals surface area contributed by atoms with Gasteiger partial charge in [0.05, 0.1) is 15.8 Å². The molecule has 0 heterocycles. The van der Waals surface area contributed by atoms with Crippen molar-refractivity contribution >= 4 is 25.8 Å². The van der Waals surface area contributed by atoms with Gasteiger partial charge in [-0.15, -0.1) is 0 Å². The molecule has 140 valence electrons. The highest BCUT2D eigenvalue weighted by atomic mass is 32.2. The molecule has 0 saturated carbocycles. The predicted molar refractivity (Wildman–Crippen MR) is 98.0 cm³/mol. The van der Waals surface area contributed by atoms with E-state index in [1.807, 2.05) is 0 Å². The number of carbonyl (C=O) groups excluding carboxylic acids is 1. The van der Waals surface area contributed by atoms with Crippen LogP contribution in [0.1, 0.15) is 34.5 Å². The summed E-state index contributed by atoms with van der Waals surface area (Å²) >= 11 is 0. The van der Waals surface area contributed by atoms with Crippen molar-refractivity contribution < 1.29 is 21.6 Å². The molecule has 0 aliphatic heterocycles. The van der Waals surface area contributed by atoms with E-state index in [1.165, 1.54) is 30.3 Å². The molecule has 0 spiro atoms. The summed E-state index contributed by atoms with van der Waals surface area (Å²) in [6, 6.07) is 9.87. The number of hydrogen-bond donors (Lipinski definition) is 2. The second-order valence-electron chi connectivity index (χ2n) is 6.06. The summed E-state index contributed by atoms with van der Waals surface area (Å²) in [6.45, 7) is 3.43. The minimum atomic E-state index is -3.91. The summed E-state index contributed by atoms with van der Waals surface area (Å²) in [5.41, 5.74) is 1.52. The van der Waals surface area contributed by atoms with E-state index >= 15 is 0 Å². The number of primary sulfonamides is 1. The lowest BCUT2D eigenvalue weighted by atomic mass is 10.1. The zero-order valence-corrected chi connectivity index (χ0v) is 16.2. The van der Waals surface area contributed by atoms with Crippen LogP contribution >= 0.6 is 0 Å². The standard InChI is InChI=1S/C17H20N2O5S2/c1-11-4-7-15(26(18,23)24)10-16(11)17(20)19-12(2)13-5-8-14(9-6-13)25(3,21)22/h4-10,12H,1-3H3,(H,19,20)(H2,18,23,24)/t12-/m0/s1. The summed E-state index contributed by atoms with van der Waals surface area (Å²) in [7, 11) is -7.20. The van der Waals surface area contributed by atoms with E-state index < -0.39 is 31.8 Å². The smallest absolute Gasteiger partial charge is 0.252 e. The SMILES string of the molecule is Cc1ccc(S(N)(=O)=O)cc1C(=O)N[C@@H](C)c1ccc(S(C)(=O)=O)cc1. The second kappa shape index (κ2) is 7.18. The monoisotopic (exact) mass is 396 g/mol. The molecule has 0 saturated heterocycles. The maximum absolute atomic E-state index is 12.5. The molecule has 2 rings (SSSR count). The van der Waals surface area contributed by atoms with E-state index in [0.717, 1.165) is 6.26 Å². The Bertz CT molecular complexity index is 1040. The van der Waals surface area contributed by atoms with Gasteiger partial charge in [0.25, 0.3) is 5.91 Å². The Morgan fingerprint density at radius 1 is 1.00 bits per heavy atom. The number of rotatable bonds is 5. The third kappa shape index (κ3) is 4.69. The first kappa shape index (κ1) is 20.1. The van der Waals surface area contributed by atoms with Gasteiger partial charge in [0, 0.05) is 11.8 Å². The summed E-state index contributed by atoms with van der Waals surface area (Å²) in [5, 5.41) is 7.87. The molecule has 26 heavy (non-hydrogen) atoms. The van der Waals surface area contributed by atoms with Crippen molar-refractivity contribution in [2.75, 3.05) is 6.26 Å². The molecular formula is C17H20N2O5S2. The van der Waals surface area contributed by atoms with Crippen LogP contribution in [0.5, 0.6) is 0 Å². The quantitative estimate of drug-likeness (QED) is 0.793. The Labute approximate surface area is 153 Å². The van der Waals surface area contributed by atoms with Gasteiger partial charge < -0.3 is 5.32 Å². The maximum atomic E-state index is 12.5. The molecule has 0 aliphatic rings. The van der Waals surface area contributed by atoms with Gasteiger partial charge in [-0.25, -0.2) is 22.0 Å². The summed E-state index contributed by atoms with van der Waals surface area (Å²) in [4.78, 5) is 12.6. The Morgan fingerprint density at radius 2 is 1.54 bits per heavy atom. The number of amides is 1. The van der Waals surface area contributed by atoms with Crippen LogP contribution in [-0.2, 0) is 19.9 Å². The summed E-state index contributed by atoms with van der Waals surface area (Å²) in [6.07, 6.45) is 1.12. The highest BCUT2D eigenvalue weighted by Gasteiger charge is 2.17. The van der Waals surface area contributed by atoms with Crippen molar-refractivity contribution in [3.8, 4) is 0 Å².